The highest BCUT2D eigenvalue weighted by Gasteiger charge is 2.40. The molecule has 3 amide bonds. The molecule has 0 radical (unpaired) electrons. The molecule has 0 aromatic heterocycles. The number of carbonyl (C=O) groups excluding carboxylic acids is 3. The van der Waals surface area contributed by atoms with Crippen LogP contribution < -0.4 is 5.32 Å². The molecule has 6 nitrogen and oxygen atoms in total. The highest BCUT2D eigenvalue weighted by Crippen LogP contribution is 2.42. The number of nitrogens with one attached hydrogen (secondary N) is 1. The smallest absolute Gasteiger partial charge is 0.253 e. The lowest BCUT2D eigenvalue weighted by Gasteiger charge is -2.47. The molecule has 0 saturated carbocycles. The van der Waals surface area contributed by atoms with E-state index in [0.29, 0.717) is 22.6 Å². The number of hydrogen-bond acceptors (Lipinski definition) is 3. The minimum Gasteiger partial charge on any atom is -0.345 e. The fourth-order valence-corrected chi connectivity index (χ4v) is 6.65. The van der Waals surface area contributed by atoms with E-state index < -0.39 is 0 Å². The van der Waals surface area contributed by atoms with E-state index in [4.69, 9.17) is 11.6 Å². The minimum atomic E-state index is -0.192. The Hall–Kier alpha value is -2.86. The van der Waals surface area contributed by atoms with Crippen molar-refractivity contribution in [2.75, 3.05) is 26.2 Å². The molecule has 1 atom stereocenters. The van der Waals surface area contributed by atoms with E-state index >= 15 is 0 Å². The van der Waals surface area contributed by atoms with E-state index in [1.54, 1.807) is 18.2 Å². The zero-order valence-electron chi connectivity index (χ0n) is 23.4. The summed E-state index contributed by atoms with van der Waals surface area (Å²) in [5, 5.41) is 3.56. The minimum absolute atomic E-state index is 0.0106. The molecule has 1 unspecified atom stereocenters. The number of fused-ring (bicyclic) bond motifs is 1. The van der Waals surface area contributed by atoms with Crippen LogP contribution >= 0.6 is 11.6 Å². The second kappa shape index (κ2) is 11.0. The summed E-state index contributed by atoms with van der Waals surface area (Å²) < 4.78 is 0. The van der Waals surface area contributed by atoms with Gasteiger partial charge in [-0.2, -0.15) is 0 Å². The molecule has 2 aliphatic heterocycles. The Morgan fingerprint density at radius 2 is 1.59 bits per heavy atom. The number of nitrogens with zero attached hydrogens (tertiary/aromatic N) is 2. The predicted octanol–water partition coefficient (Wildman–Crippen LogP) is 6.04. The van der Waals surface area contributed by atoms with E-state index in [0.717, 1.165) is 70.3 Å². The van der Waals surface area contributed by atoms with Gasteiger partial charge in [-0.25, -0.2) is 0 Å². The Kier molecular flexibility index (Phi) is 7.78. The number of likely N-dealkylation sites (tertiary alicyclic amines) is 2. The van der Waals surface area contributed by atoms with Gasteiger partial charge in [0.05, 0.1) is 16.6 Å². The third kappa shape index (κ3) is 6.16. The molecule has 1 aliphatic carbocycles. The Bertz CT molecular complexity index is 1250. The second-order valence-electron chi connectivity index (χ2n) is 12.9. The van der Waals surface area contributed by atoms with Crippen LogP contribution in [0.1, 0.15) is 97.2 Å². The van der Waals surface area contributed by atoms with Gasteiger partial charge < -0.3 is 15.1 Å². The Labute approximate surface area is 237 Å². The van der Waals surface area contributed by atoms with Crippen molar-refractivity contribution in [3.8, 4) is 0 Å². The van der Waals surface area contributed by atoms with Gasteiger partial charge in [-0.1, -0.05) is 50.6 Å². The SMILES string of the molecule is CC(C)(C)CC(=O)N1CCC2(CC1)CCN(C(=O)c1ccc3c(c1)C(NC(=O)c1ccccc1Cl)CC3)CC2. The van der Waals surface area contributed by atoms with Crippen LogP contribution in [0.3, 0.4) is 0 Å². The zero-order valence-corrected chi connectivity index (χ0v) is 24.2. The molecular weight excluding hydrogens is 510 g/mol. The van der Waals surface area contributed by atoms with Gasteiger partial charge in [0.15, 0.2) is 0 Å². The summed E-state index contributed by atoms with van der Waals surface area (Å²) in [5.41, 5.74) is 3.61. The number of carbonyl (C=O) groups is 3. The molecule has 2 heterocycles. The standard InChI is InChI=1S/C32H40ClN3O3/c1-31(2,3)21-28(37)35-16-12-32(13-17-35)14-18-36(19-15-32)30(39)23-9-8-22-10-11-27(25(22)20-23)34-29(38)24-6-4-5-7-26(24)33/h4-9,20,27H,10-19,21H2,1-3H3,(H,34,38). The van der Waals surface area contributed by atoms with E-state index in [-0.39, 0.29) is 34.6 Å². The second-order valence-corrected chi connectivity index (χ2v) is 13.3. The molecular formula is C32H40ClN3O3. The van der Waals surface area contributed by atoms with Gasteiger partial charge >= 0.3 is 0 Å². The molecule has 0 bridgehead atoms. The third-order valence-corrected chi connectivity index (χ3v) is 9.19. The van der Waals surface area contributed by atoms with Crippen molar-refractivity contribution in [1.29, 1.82) is 0 Å². The lowest BCUT2D eigenvalue weighted by molar-refractivity contribution is -0.135. The number of aryl methyl sites for hydroxylation is 1. The summed E-state index contributed by atoms with van der Waals surface area (Å²) in [4.78, 5) is 43.1. The van der Waals surface area contributed by atoms with Gasteiger partial charge in [-0.15, -0.1) is 0 Å². The van der Waals surface area contributed by atoms with Crippen molar-refractivity contribution in [3.63, 3.8) is 0 Å². The first-order valence-electron chi connectivity index (χ1n) is 14.3. The average Bonchev–Trinajstić information content (AvgIpc) is 3.30. The first-order valence-corrected chi connectivity index (χ1v) is 14.7. The van der Waals surface area contributed by atoms with Crippen LogP contribution in [0, 0.1) is 10.8 Å². The molecule has 2 fully saturated rings. The largest absolute Gasteiger partial charge is 0.345 e. The van der Waals surface area contributed by atoms with E-state index in [9.17, 15) is 14.4 Å². The maximum Gasteiger partial charge on any atom is 0.253 e. The lowest BCUT2D eigenvalue weighted by Crippen LogP contribution is -2.49. The summed E-state index contributed by atoms with van der Waals surface area (Å²) in [5.74, 6) is 0.138. The molecule has 2 aromatic carbocycles. The molecule has 5 rings (SSSR count). The number of rotatable bonds is 4. The van der Waals surface area contributed by atoms with Crippen molar-refractivity contribution in [1.82, 2.24) is 15.1 Å². The fourth-order valence-electron chi connectivity index (χ4n) is 6.43. The highest BCUT2D eigenvalue weighted by molar-refractivity contribution is 6.33. The number of benzene rings is 2. The third-order valence-electron chi connectivity index (χ3n) is 8.86. The van der Waals surface area contributed by atoms with Crippen LogP contribution in [0.5, 0.6) is 0 Å². The van der Waals surface area contributed by atoms with Gasteiger partial charge in [0.1, 0.15) is 0 Å². The van der Waals surface area contributed by atoms with Gasteiger partial charge in [0.25, 0.3) is 11.8 Å². The van der Waals surface area contributed by atoms with Crippen molar-refractivity contribution in [3.05, 3.63) is 69.7 Å². The quantitative estimate of drug-likeness (QED) is 0.505. The van der Waals surface area contributed by atoms with E-state index in [1.165, 1.54) is 5.56 Å². The van der Waals surface area contributed by atoms with E-state index in [2.05, 4.69) is 26.1 Å². The van der Waals surface area contributed by atoms with Gasteiger partial charge in [-0.3, -0.25) is 14.4 Å². The van der Waals surface area contributed by atoms with Crippen molar-refractivity contribution in [2.45, 2.75) is 71.8 Å². The summed E-state index contributed by atoms with van der Waals surface area (Å²) in [6.07, 6.45) is 6.30. The average molecular weight is 550 g/mol. The molecule has 208 valence electrons. The lowest BCUT2D eigenvalue weighted by atomic mass is 9.71. The number of amides is 3. The van der Waals surface area contributed by atoms with Crippen molar-refractivity contribution < 1.29 is 14.4 Å². The topological polar surface area (TPSA) is 69.7 Å². The molecule has 2 saturated heterocycles. The number of piperidine rings is 2. The van der Waals surface area contributed by atoms with Gasteiger partial charge in [0, 0.05) is 38.2 Å². The molecule has 2 aromatic rings. The molecule has 39 heavy (non-hydrogen) atoms. The highest BCUT2D eigenvalue weighted by atomic mass is 35.5. The normalized spacial score (nSPS) is 20.6. The van der Waals surface area contributed by atoms with Crippen molar-refractivity contribution >= 4 is 29.3 Å². The van der Waals surface area contributed by atoms with E-state index in [1.807, 2.05) is 34.1 Å². The molecule has 1 N–H and O–H groups in total. The van der Waals surface area contributed by atoms with Crippen LogP contribution in [0.4, 0.5) is 0 Å². The van der Waals surface area contributed by atoms with Gasteiger partial charge in [-0.05, 0) is 84.7 Å². The molecule has 7 heteroatoms. The fraction of sp³-hybridized carbons (Fsp3) is 0.531. The van der Waals surface area contributed by atoms with Crippen LogP contribution in [0.25, 0.3) is 0 Å². The Morgan fingerprint density at radius 1 is 0.949 bits per heavy atom. The summed E-state index contributed by atoms with van der Waals surface area (Å²) in [6.45, 7) is 9.49. The first-order chi connectivity index (χ1) is 18.5. The zero-order chi connectivity index (χ0) is 27.8. The predicted molar refractivity (Wildman–Crippen MR) is 154 cm³/mol. The maximum atomic E-state index is 13.5. The number of halogens is 1. The monoisotopic (exact) mass is 549 g/mol. The van der Waals surface area contributed by atoms with Crippen LogP contribution in [0.2, 0.25) is 5.02 Å². The maximum absolute atomic E-state index is 13.5. The summed E-state index contributed by atoms with van der Waals surface area (Å²) in [6, 6.07) is 12.9. The van der Waals surface area contributed by atoms with Crippen LogP contribution in [-0.2, 0) is 11.2 Å². The number of hydrogen-bond donors (Lipinski definition) is 1. The Balaban J connectivity index is 1.18. The molecule has 1 spiro atoms. The summed E-state index contributed by atoms with van der Waals surface area (Å²) in [7, 11) is 0. The first kappa shape index (κ1) is 27.7. The van der Waals surface area contributed by atoms with Crippen LogP contribution in [0.15, 0.2) is 42.5 Å². The van der Waals surface area contributed by atoms with Crippen molar-refractivity contribution in [2.24, 2.45) is 10.8 Å². The van der Waals surface area contributed by atoms with Crippen LogP contribution in [-0.4, -0.2) is 53.7 Å². The van der Waals surface area contributed by atoms with Gasteiger partial charge in [0.2, 0.25) is 5.91 Å². The Morgan fingerprint density at radius 3 is 2.23 bits per heavy atom. The molecule has 3 aliphatic rings. The summed E-state index contributed by atoms with van der Waals surface area (Å²) >= 11 is 6.23.